The zero-order valence-corrected chi connectivity index (χ0v) is 8.58. The Morgan fingerprint density at radius 2 is 1.85 bits per heavy atom. The Kier molecular flexibility index (Phi) is 4.74. The third-order valence-electron chi connectivity index (χ3n) is 3.39. The molecular formula is C11H22O2. The maximum Gasteiger partial charge on any atom is 0.0565 e. The van der Waals surface area contributed by atoms with E-state index in [0.29, 0.717) is 18.4 Å². The van der Waals surface area contributed by atoms with Gasteiger partial charge in [-0.15, -0.1) is 0 Å². The van der Waals surface area contributed by atoms with E-state index < -0.39 is 0 Å². The molecule has 1 aliphatic carbocycles. The van der Waals surface area contributed by atoms with Crippen LogP contribution < -0.4 is 0 Å². The Bertz CT molecular complexity index is 128. The summed E-state index contributed by atoms with van der Waals surface area (Å²) in [7, 11) is 0. The first-order valence-corrected chi connectivity index (χ1v) is 5.56. The van der Waals surface area contributed by atoms with E-state index in [0.717, 1.165) is 25.7 Å². The predicted molar refractivity (Wildman–Crippen MR) is 53.4 cm³/mol. The van der Waals surface area contributed by atoms with Crippen LogP contribution in [0, 0.1) is 11.8 Å². The first kappa shape index (κ1) is 11.0. The average molecular weight is 186 g/mol. The molecule has 1 fully saturated rings. The molecule has 0 spiro atoms. The van der Waals surface area contributed by atoms with Gasteiger partial charge in [0.05, 0.1) is 6.10 Å². The highest BCUT2D eigenvalue weighted by molar-refractivity contribution is 4.76. The van der Waals surface area contributed by atoms with Gasteiger partial charge in [-0.1, -0.05) is 19.8 Å². The topological polar surface area (TPSA) is 40.5 Å². The zero-order valence-electron chi connectivity index (χ0n) is 8.58. The van der Waals surface area contributed by atoms with Crippen LogP contribution in [0.1, 0.15) is 45.4 Å². The Labute approximate surface area is 81.0 Å². The van der Waals surface area contributed by atoms with Crippen molar-refractivity contribution >= 4 is 0 Å². The van der Waals surface area contributed by atoms with Gasteiger partial charge in [-0.25, -0.2) is 0 Å². The maximum atomic E-state index is 9.65. The first-order chi connectivity index (χ1) is 6.27. The second kappa shape index (κ2) is 5.61. The molecule has 0 aromatic heterocycles. The summed E-state index contributed by atoms with van der Waals surface area (Å²) in [6.45, 7) is 2.37. The van der Waals surface area contributed by atoms with E-state index in [2.05, 4.69) is 0 Å². The van der Waals surface area contributed by atoms with Crippen molar-refractivity contribution in [3.05, 3.63) is 0 Å². The summed E-state index contributed by atoms with van der Waals surface area (Å²) in [4.78, 5) is 0. The molecule has 1 unspecified atom stereocenters. The highest BCUT2D eigenvalue weighted by atomic mass is 16.3. The van der Waals surface area contributed by atoms with Crippen molar-refractivity contribution in [3.8, 4) is 0 Å². The third-order valence-corrected chi connectivity index (χ3v) is 3.39. The van der Waals surface area contributed by atoms with Crippen LogP contribution in [0.4, 0.5) is 0 Å². The standard InChI is InChI=1S/C11H22O2/c1-2-11(13)10-5-3-9(4-6-10)7-8-12/h9-13H,2-8H2,1H3. The Balaban J connectivity index is 2.22. The van der Waals surface area contributed by atoms with Gasteiger partial charge in [-0.2, -0.15) is 0 Å². The lowest BCUT2D eigenvalue weighted by Crippen LogP contribution is -2.25. The fourth-order valence-electron chi connectivity index (χ4n) is 2.38. The fourth-order valence-corrected chi connectivity index (χ4v) is 2.38. The van der Waals surface area contributed by atoms with Gasteiger partial charge in [0.2, 0.25) is 0 Å². The van der Waals surface area contributed by atoms with E-state index in [-0.39, 0.29) is 6.10 Å². The monoisotopic (exact) mass is 186 g/mol. The smallest absolute Gasteiger partial charge is 0.0565 e. The summed E-state index contributed by atoms with van der Waals surface area (Å²) in [6.07, 6.45) is 6.45. The molecule has 0 radical (unpaired) electrons. The first-order valence-electron chi connectivity index (χ1n) is 5.56. The van der Waals surface area contributed by atoms with E-state index in [9.17, 15) is 5.11 Å². The molecule has 13 heavy (non-hydrogen) atoms. The van der Waals surface area contributed by atoms with Crippen molar-refractivity contribution in [1.29, 1.82) is 0 Å². The predicted octanol–water partition coefficient (Wildman–Crippen LogP) is 1.95. The van der Waals surface area contributed by atoms with Gasteiger partial charge in [-0.05, 0) is 37.5 Å². The lowest BCUT2D eigenvalue weighted by atomic mass is 9.78. The number of hydrogen-bond acceptors (Lipinski definition) is 2. The molecule has 1 rings (SSSR count). The van der Waals surface area contributed by atoms with Crippen LogP contribution >= 0.6 is 0 Å². The second-order valence-corrected chi connectivity index (χ2v) is 4.27. The van der Waals surface area contributed by atoms with Crippen LogP contribution in [0.15, 0.2) is 0 Å². The van der Waals surface area contributed by atoms with E-state index in [1.165, 1.54) is 12.8 Å². The maximum absolute atomic E-state index is 9.65. The molecule has 2 heteroatoms. The molecule has 2 N–H and O–H groups in total. The van der Waals surface area contributed by atoms with Crippen molar-refractivity contribution < 1.29 is 10.2 Å². The van der Waals surface area contributed by atoms with Crippen LogP contribution in [0.25, 0.3) is 0 Å². The molecule has 0 aliphatic heterocycles. The van der Waals surface area contributed by atoms with Gasteiger partial charge < -0.3 is 10.2 Å². The van der Waals surface area contributed by atoms with Crippen molar-refractivity contribution in [2.45, 2.75) is 51.6 Å². The van der Waals surface area contributed by atoms with Crippen molar-refractivity contribution in [3.63, 3.8) is 0 Å². The van der Waals surface area contributed by atoms with Crippen LogP contribution in [0.2, 0.25) is 0 Å². The summed E-state index contributed by atoms with van der Waals surface area (Å²) in [6, 6.07) is 0. The molecule has 78 valence electrons. The number of aliphatic hydroxyl groups excluding tert-OH is 2. The number of hydrogen-bond donors (Lipinski definition) is 2. The molecule has 1 aliphatic rings. The zero-order chi connectivity index (χ0) is 9.68. The summed E-state index contributed by atoms with van der Waals surface area (Å²) >= 11 is 0. The van der Waals surface area contributed by atoms with Crippen molar-refractivity contribution in [1.82, 2.24) is 0 Å². The minimum absolute atomic E-state index is 0.0879. The summed E-state index contributed by atoms with van der Waals surface area (Å²) in [5, 5.41) is 18.4. The highest BCUT2D eigenvalue weighted by Gasteiger charge is 2.24. The Morgan fingerprint density at radius 3 is 2.31 bits per heavy atom. The van der Waals surface area contributed by atoms with E-state index in [1.807, 2.05) is 6.92 Å². The third kappa shape index (κ3) is 3.28. The molecule has 0 aromatic rings. The van der Waals surface area contributed by atoms with Gasteiger partial charge in [0.25, 0.3) is 0 Å². The lowest BCUT2D eigenvalue weighted by molar-refractivity contribution is 0.0671. The fraction of sp³-hybridized carbons (Fsp3) is 1.00. The summed E-state index contributed by atoms with van der Waals surface area (Å²) in [5.74, 6) is 1.24. The highest BCUT2D eigenvalue weighted by Crippen LogP contribution is 2.33. The minimum Gasteiger partial charge on any atom is -0.396 e. The number of rotatable bonds is 4. The number of aliphatic hydroxyl groups is 2. The van der Waals surface area contributed by atoms with Crippen LogP contribution in [-0.4, -0.2) is 22.9 Å². The average Bonchev–Trinajstić information content (AvgIpc) is 2.18. The molecule has 0 bridgehead atoms. The van der Waals surface area contributed by atoms with E-state index in [1.54, 1.807) is 0 Å². The van der Waals surface area contributed by atoms with Crippen LogP contribution in [-0.2, 0) is 0 Å². The normalized spacial score (nSPS) is 31.6. The van der Waals surface area contributed by atoms with Gasteiger partial charge in [0.15, 0.2) is 0 Å². The van der Waals surface area contributed by atoms with Crippen molar-refractivity contribution in [2.75, 3.05) is 6.61 Å². The quantitative estimate of drug-likeness (QED) is 0.704. The van der Waals surface area contributed by atoms with E-state index >= 15 is 0 Å². The molecule has 0 aromatic carbocycles. The van der Waals surface area contributed by atoms with E-state index in [4.69, 9.17) is 5.11 Å². The molecular weight excluding hydrogens is 164 g/mol. The summed E-state index contributed by atoms with van der Waals surface area (Å²) < 4.78 is 0. The SMILES string of the molecule is CCC(O)C1CCC(CCO)CC1. The minimum atomic E-state index is -0.0879. The molecule has 0 amide bonds. The van der Waals surface area contributed by atoms with Gasteiger partial charge in [0.1, 0.15) is 0 Å². The molecule has 1 atom stereocenters. The molecule has 1 saturated carbocycles. The van der Waals surface area contributed by atoms with Gasteiger partial charge >= 0.3 is 0 Å². The van der Waals surface area contributed by atoms with Crippen molar-refractivity contribution in [2.24, 2.45) is 11.8 Å². The summed E-state index contributed by atoms with van der Waals surface area (Å²) in [5.41, 5.74) is 0. The second-order valence-electron chi connectivity index (χ2n) is 4.27. The van der Waals surface area contributed by atoms with Gasteiger partial charge in [-0.3, -0.25) is 0 Å². The Hall–Kier alpha value is -0.0800. The largest absolute Gasteiger partial charge is 0.396 e. The molecule has 2 nitrogen and oxygen atoms in total. The van der Waals surface area contributed by atoms with Crippen LogP contribution in [0.5, 0.6) is 0 Å². The van der Waals surface area contributed by atoms with Crippen LogP contribution in [0.3, 0.4) is 0 Å². The lowest BCUT2D eigenvalue weighted by Gasteiger charge is -2.30. The molecule has 0 heterocycles. The Morgan fingerprint density at radius 1 is 1.23 bits per heavy atom. The van der Waals surface area contributed by atoms with Gasteiger partial charge in [0, 0.05) is 6.61 Å². The molecule has 0 saturated heterocycles.